The summed E-state index contributed by atoms with van der Waals surface area (Å²) in [6.07, 6.45) is 0. The Morgan fingerprint density at radius 2 is 2.11 bits per heavy atom. The number of nitrogens with zero attached hydrogens (tertiary/aromatic N) is 3. The molecule has 6 heteroatoms. The molecular weight excluding hydrogens is 252 g/mol. The number of anilines is 1. The molecule has 0 saturated carbocycles. The summed E-state index contributed by atoms with van der Waals surface area (Å²) >= 11 is 6.12. The molecule has 0 spiro atoms. The quantitative estimate of drug-likeness (QED) is 0.925. The first kappa shape index (κ1) is 12.7. The monoisotopic (exact) mass is 266 g/mol. The van der Waals surface area contributed by atoms with Gasteiger partial charge < -0.3 is 10.5 Å². The number of nitrogen functional groups attached to an aromatic ring is 1. The molecule has 5 nitrogen and oxygen atoms in total. The number of halogens is 1. The molecule has 18 heavy (non-hydrogen) atoms. The highest BCUT2D eigenvalue weighted by Crippen LogP contribution is 2.24. The van der Waals surface area contributed by atoms with Crippen LogP contribution in [0.2, 0.25) is 5.15 Å². The van der Waals surface area contributed by atoms with E-state index in [1.165, 1.54) is 0 Å². The molecule has 0 bridgehead atoms. The van der Waals surface area contributed by atoms with Gasteiger partial charge in [0.15, 0.2) is 11.6 Å². The fraction of sp³-hybridized carbons (Fsp3) is 0.333. The lowest BCUT2D eigenvalue weighted by molar-refractivity contribution is 0.306. The highest BCUT2D eigenvalue weighted by molar-refractivity contribution is 6.30. The van der Waals surface area contributed by atoms with Crippen LogP contribution in [0.5, 0.6) is 5.75 Å². The van der Waals surface area contributed by atoms with Crippen molar-refractivity contribution < 1.29 is 4.74 Å². The average molecular weight is 267 g/mol. The van der Waals surface area contributed by atoms with E-state index in [2.05, 4.69) is 10.1 Å². The van der Waals surface area contributed by atoms with E-state index in [0.717, 1.165) is 17.0 Å². The molecule has 2 rings (SSSR count). The van der Waals surface area contributed by atoms with Gasteiger partial charge in [0, 0.05) is 18.3 Å². The van der Waals surface area contributed by atoms with Crippen LogP contribution < -0.4 is 10.5 Å². The van der Waals surface area contributed by atoms with Crippen molar-refractivity contribution >= 4 is 17.4 Å². The van der Waals surface area contributed by atoms with Crippen molar-refractivity contribution in [3.05, 3.63) is 34.2 Å². The van der Waals surface area contributed by atoms with Gasteiger partial charge in [-0.15, -0.1) is 0 Å². The molecule has 0 aliphatic carbocycles. The van der Waals surface area contributed by atoms with Gasteiger partial charge in [0.2, 0.25) is 0 Å². The number of hydrogen-bond acceptors (Lipinski definition) is 4. The Morgan fingerprint density at radius 1 is 1.39 bits per heavy atom. The molecule has 2 aromatic heterocycles. The van der Waals surface area contributed by atoms with Crippen LogP contribution in [-0.2, 0) is 13.7 Å². The average Bonchev–Trinajstić information content (AvgIpc) is 2.53. The lowest BCUT2D eigenvalue weighted by Crippen LogP contribution is -2.02. The van der Waals surface area contributed by atoms with Crippen molar-refractivity contribution in [1.29, 1.82) is 0 Å². The Balaban J connectivity index is 2.16. The van der Waals surface area contributed by atoms with Gasteiger partial charge in [0.05, 0.1) is 5.69 Å². The molecular formula is C12H15ClN4O. The molecule has 2 N–H and O–H groups in total. The predicted molar refractivity (Wildman–Crippen MR) is 70.7 cm³/mol. The highest BCUT2D eigenvalue weighted by atomic mass is 35.5. The van der Waals surface area contributed by atoms with E-state index in [-0.39, 0.29) is 0 Å². The SMILES string of the molecule is Cc1ccc(OCc2c(C)nn(C)c2Cl)c(N)n1. The van der Waals surface area contributed by atoms with E-state index >= 15 is 0 Å². The number of aryl methyl sites for hydroxylation is 3. The molecule has 0 unspecified atom stereocenters. The fourth-order valence-corrected chi connectivity index (χ4v) is 1.90. The maximum absolute atomic E-state index is 6.12. The minimum absolute atomic E-state index is 0.327. The largest absolute Gasteiger partial charge is 0.485 e. The van der Waals surface area contributed by atoms with E-state index in [1.54, 1.807) is 17.8 Å². The van der Waals surface area contributed by atoms with Crippen molar-refractivity contribution in [2.75, 3.05) is 5.73 Å². The number of pyridine rings is 1. The summed E-state index contributed by atoms with van der Waals surface area (Å²) < 4.78 is 7.24. The third kappa shape index (κ3) is 2.41. The molecule has 0 amide bonds. The minimum Gasteiger partial charge on any atom is -0.485 e. The summed E-state index contributed by atoms with van der Waals surface area (Å²) in [4.78, 5) is 4.13. The molecule has 0 atom stereocenters. The van der Waals surface area contributed by atoms with Crippen molar-refractivity contribution in [2.24, 2.45) is 7.05 Å². The van der Waals surface area contributed by atoms with E-state index in [0.29, 0.717) is 23.3 Å². The van der Waals surface area contributed by atoms with Crippen LogP contribution in [0.4, 0.5) is 5.82 Å². The van der Waals surface area contributed by atoms with Crippen molar-refractivity contribution in [2.45, 2.75) is 20.5 Å². The molecule has 0 aromatic carbocycles. The van der Waals surface area contributed by atoms with Crippen LogP contribution in [0, 0.1) is 13.8 Å². The fourth-order valence-electron chi connectivity index (χ4n) is 1.67. The van der Waals surface area contributed by atoms with Gasteiger partial charge in [0.25, 0.3) is 0 Å². The molecule has 0 saturated heterocycles. The maximum atomic E-state index is 6.12. The second kappa shape index (κ2) is 4.86. The number of aromatic nitrogens is 3. The van der Waals surface area contributed by atoms with Gasteiger partial charge in [-0.3, -0.25) is 4.68 Å². The van der Waals surface area contributed by atoms with Crippen molar-refractivity contribution in [3.8, 4) is 5.75 Å². The molecule has 2 aromatic rings. The smallest absolute Gasteiger partial charge is 0.166 e. The van der Waals surface area contributed by atoms with Crippen molar-refractivity contribution in [3.63, 3.8) is 0 Å². The second-order valence-electron chi connectivity index (χ2n) is 4.10. The topological polar surface area (TPSA) is 66.0 Å². The molecule has 2 heterocycles. The zero-order valence-corrected chi connectivity index (χ0v) is 11.3. The van der Waals surface area contributed by atoms with Crippen LogP contribution in [0.15, 0.2) is 12.1 Å². The summed E-state index contributed by atoms with van der Waals surface area (Å²) in [6, 6.07) is 3.65. The Morgan fingerprint density at radius 3 is 2.67 bits per heavy atom. The van der Waals surface area contributed by atoms with Crippen molar-refractivity contribution in [1.82, 2.24) is 14.8 Å². The van der Waals surface area contributed by atoms with Gasteiger partial charge in [-0.25, -0.2) is 4.98 Å². The van der Waals surface area contributed by atoms with E-state index < -0.39 is 0 Å². The maximum Gasteiger partial charge on any atom is 0.166 e. The number of ether oxygens (including phenoxy) is 1. The summed E-state index contributed by atoms with van der Waals surface area (Å²) in [5, 5.41) is 4.79. The first-order valence-electron chi connectivity index (χ1n) is 5.53. The Labute approximate surface area is 111 Å². The number of hydrogen-bond donors (Lipinski definition) is 1. The second-order valence-corrected chi connectivity index (χ2v) is 4.46. The minimum atomic E-state index is 0.327. The first-order valence-corrected chi connectivity index (χ1v) is 5.90. The number of nitrogens with two attached hydrogens (primary N) is 1. The Kier molecular flexibility index (Phi) is 3.43. The van der Waals surface area contributed by atoms with Crippen LogP contribution >= 0.6 is 11.6 Å². The van der Waals surface area contributed by atoms with Gasteiger partial charge in [-0.05, 0) is 26.0 Å². The Bertz CT molecular complexity index is 580. The van der Waals surface area contributed by atoms with Gasteiger partial charge in [0.1, 0.15) is 11.8 Å². The van der Waals surface area contributed by atoms with E-state index in [4.69, 9.17) is 22.1 Å². The predicted octanol–water partition coefficient (Wildman–Crippen LogP) is 2.25. The van der Waals surface area contributed by atoms with Gasteiger partial charge >= 0.3 is 0 Å². The summed E-state index contributed by atoms with van der Waals surface area (Å²) in [6.45, 7) is 4.09. The molecule has 0 aliphatic rings. The summed E-state index contributed by atoms with van der Waals surface area (Å²) in [7, 11) is 1.79. The normalized spacial score (nSPS) is 10.7. The summed E-state index contributed by atoms with van der Waals surface area (Å²) in [5.41, 5.74) is 8.34. The van der Waals surface area contributed by atoms with Crippen LogP contribution in [0.25, 0.3) is 0 Å². The molecule has 0 fully saturated rings. The molecule has 0 aliphatic heterocycles. The third-order valence-electron chi connectivity index (χ3n) is 2.67. The zero-order valence-electron chi connectivity index (χ0n) is 10.6. The van der Waals surface area contributed by atoms with Gasteiger partial charge in [-0.2, -0.15) is 5.10 Å². The zero-order chi connectivity index (χ0) is 13.3. The number of rotatable bonds is 3. The van der Waals surface area contributed by atoms with E-state index in [9.17, 15) is 0 Å². The van der Waals surface area contributed by atoms with Gasteiger partial charge in [-0.1, -0.05) is 11.6 Å². The lowest BCUT2D eigenvalue weighted by atomic mass is 10.3. The standard InChI is InChI=1S/C12H15ClN4O/c1-7-4-5-10(12(14)15-7)18-6-9-8(2)16-17(3)11(9)13/h4-5H,6H2,1-3H3,(H2,14,15). The van der Waals surface area contributed by atoms with Crippen LogP contribution in [0.3, 0.4) is 0 Å². The highest BCUT2D eigenvalue weighted by Gasteiger charge is 2.12. The Hall–Kier alpha value is -1.75. The lowest BCUT2D eigenvalue weighted by Gasteiger charge is -2.08. The molecule has 0 radical (unpaired) electrons. The molecule has 96 valence electrons. The van der Waals surface area contributed by atoms with E-state index in [1.807, 2.05) is 19.9 Å². The first-order chi connectivity index (χ1) is 8.49. The van der Waals surface area contributed by atoms with Crippen LogP contribution in [-0.4, -0.2) is 14.8 Å². The summed E-state index contributed by atoms with van der Waals surface area (Å²) in [5.74, 6) is 0.938. The van der Waals surface area contributed by atoms with Crippen LogP contribution in [0.1, 0.15) is 17.0 Å². The third-order valence-corrected chi connectivity index (χ3v) is 3.14.